The van der Waals surface area contributed by atoms with Gasteiger partial charge in [-0.25, -0.2) is 4.79 Å². The van der Waals surface area contributed by atoms with Gasteiger partial charge in [0.15, 0.2) is 0 Å². The van der Waals surface area contributed by atoms with Crippen molar-refractivity contribution in [2.75, 3.05) is 6.54 Å². The van der Waals surface area contributed by atoms with Crippen molar-refractivity contribution in [1.82, 2.24) is 16.0 Å². The Labute approximate surface area is 132 Å². The Morgan fingerprint density at radius 1 is 1.14 bits per heavy atom. The van der Waals surface area contributed by atoms with E-state index in [0.717, 1.165) is 12.0 Å². The van der Waals surface area contributed by atoms with Gasteiger partial charge in [0.2, 0.25) is 5.91 Å². The molecule has 3 N–H and O–H groups in total. The van der Waals surface area contributed by atoms with Crippen LogP contribution in [0.15, 0.2) is 36.4 Å². The van der Waals surface area contributed by atoms with Crippen molar-refractivity contribution in [2.45, 2.75) is 39.3 Å². The molecule has 0 aliphatic heterocycles. The maximum atomic E-state index is 11.8. The van der Waals surface area contributed by atoms with E-state index in [1.54, 1.807) is 6.92 Å². The average molecular weight is 303 g/mol. The highest BCUT2D eigenvalue weighted by atomic mass is 16.2. The molecule has 1 rings (SSSR count). The first kappa shape index (κ1) is 17.8. The second kappa shape index (κ2) is 9.60. The van der Waals surface area contributed by atoms with Crippen LogP contribution in [-0.2, 0) is 4.79 Å². The molecular formula is C17H25N3O2. The van der Waals surface area contributed by atoms with Gasteiger partial charge in [-0.1, -0.05) is 49.4 Å². The molecule has 0 bridgehead atoms. The molecule has 0 aliphatic rings. The number of benzene rings is 1. The summed E-state index contributed by atoms with van der Waals surface area (Å²) in [7, 11) is 0. The summed E-state index contributed by atoms with van der Waals surface area (Å²) in [6.45, 7) is 5.99. The number of carbonyl (C=O) groups excluding carboxylic acids is 2. The molecule has 5 nitrogen and oxygen atoms in total. The second-order valence-corrected chi connectivity index (χ2v) is 5.21. The maximum Gasteiger partial charge on any atom is 0.315 e. The molecule has 0 unspecified atom stereocenters. The van der Waals surface area contributed by atoms with Crippen molar-refractivity contribution < 1.29 is 9.59 Å². The second-order valence-electron chi connectivity index (χ2n) is 5.21. The molecule has 22 heavy (non-hydrogen) atoms. The summed E-state index contributed by atoms with van der Waals surface area (Å²) in [6.07, 6.45) is 4.65. The fourth-order valence-corrected chi connectivity index (χ4v) is 1.69. The molecular weight excluding hydrogens is 278 g/mol. The van der Waals surface area contributed by atoms with Crippen LogP contribution in [-0.4, -0.2) is 30.6 Å². The molecule has 0 saturated carbocycles. The van der Waals surface area contributed by atoms with E-state index in [1.807, 2.05) is 56.3 Å². The van der Waals surface area contributed by atoms with Crippen molar-refractivity contribution >= 4 is 18.0 Å². The smallest absolute Gasteiger partial charge is 0.315 e. The molecule has 0 saturated heterocycles. The number of rotatable bonds is 7. The van der Waals surface area contributed by atoms with E-state index in [0.29, 0.717) is 6.54 Å². The number of hydrogen-bond acceptors (Lipinski definition) is 2. The van der Waals surface area contributed by atoms with Gasteiger partial charge in [-0.2, -0.15) is 0 Å². The van der Waals surface area contributed by atoms with Gasteiger partial charge < -0.3 is 16.0 Å². The standard InChI is InChI=1S/C17H25N3O2/c1-4-13(2)19-16(21)14(3)20-17(22)18-12-8-11-15-9-6-5-7-10-15/h5-11,13-14H,4,12H2,1-3H3,(H,19,21)(H2,18,20,22)/b11-8-/t13-,14-/m0/s1. The van der Waals surface area contributed by atoms with Gasteiger partial charge >= 0.3 is 6.03 Å². The van der Waals surface area contributed by atoms with Crippen LogP contribution in [0.1, 0.15) is 32.8 Å². The lowest BCUT2D eigenvalue weighted by Crippen LogP contribution is -2.50. The van der Waals surface area contributed by atoms with Gasteiger partial charge in [-0.15, -0.1) is 0 Å². The lowest BCUT2D eigenvalue weighted by Gasteiger charge is -2.17. The third-order valence-corrected chi connectivity index (χ3v) is 3.23. The average Bonchev–Trinajstić information content (AvgIpc) is 2.52. The molecule has 5 heteroatoms. The van der Waals surface area contributed by atoms with Crippen LogP contribution in [0.5, 0.6) is 0 Å². The molecule has 0 radical (unpaired) electrons. The number of urea groups is 1. The Kier molecular flexibility index (Phi) is 7.75. The molecule has 0 aliphatic carbocycles. The molecule has 120 valence electrons. The summed E-state index contributed by atoms with van der Waals surface area (Å²) in [5.74, 6) is -0.177. The van der Waals surface area contributed by atoms with E-state index in [9.17, 15) is 9.59 Å². The van der Waals surface area contributed by atoms with Crippen molar-refractivity contribution in [3.63, 3.8) is 0 Å². The first-order valence-corrected chi connectivity index (χ1v) is 7.59. The van der Waals surface area contributed by atoms with Crippen LogP contribution in [0.2, 0.25) is 0 Å². The molecule has 0 aromatic heterocycles. The summed E-state index contributed by atoms with van der Waals surface area (Å²) in [4.78, 5) is 23.5. The van der Waals surface area contributed by atoms with Gasteiger partial charge in [0, 0.05) is 12.6 Å². The van der Waals surface area contributed by atoms with E-state index in [1.165, 1.54) is 0 Å². The molecule has 2 atom stereocenters. The summed E-state index contributed by atoms with van der Waals surface area (Å²) in [5, 5.41) is 8.13. The Bertz CT molecular complexity index is 500. The van der Waals surface area contributed by atoms with Crippen molar-refractivity contribution in [2.24, 2.45) is 0 Å². The predicted octanol–water partition coefficient (Wildman–Crippen LogP) is 2.30. The zero-order valence-corrected chi connectivity index (χ0v) is 13.4. The fraction of sp³-hybridized carbons (Fsp3) is 0.412. The van der Waals surface area contributed by atoms with Crippen LogP contribution in [0.25, 0.3) is 6.08 Å². The molecule has 0 fully saturated rings. The topological polar surface area (TPSA) is 70.2 Å². The lowest BCUT2D eigenvalue weighted by atomic mass is 10.2. The highest BCUT2D eigenvalue weighted by Crippen LogP contribution is 1.99. The number of hydrogen-bond donors (Lipinski definition) is 3. The SMILES string of the molecule is CC[C@H](C)NC(=O)[C@H](C)NC(=O)NC/C=C\c1ccccc1. The summed E-state index contributed by atoms with van der Waals surface area (Å²) in [5.41, 5.74) is 1.08. The quantitative estimate of drug-likeness (QED) is 0.723. The largest absolute Gasteiger partial charge is 0.352 e. The van der Waals surface area contributed by atoms with E-state index in [2.05, 4.69) is 16.0 Å². The minimum absolute atomic E-state index is 0.105. The van der Waals surface area contributed by atoms with Gasteiger partial charge in [-0.05, 0) is 25.8 Å². The normalized spacial score (nSPS) is 13.4. The Balaban J connectivity index is 2.28. The Hall–Kier alpha value is -2.30. The monoisotopic (exact) mass is 303 g/mol. The Morgan fingerprint density at radius 2 is 1.82 bits per heavy atom. The first-order chi connectivity index (χ1) is 10.5. The van der Waals surface area contributed by atoms with E-state index < -0.39 is 6.04 Å². The van der Waals surface area contributed by atoms with Crippen LogP contribution in [0.4, 0.5) is 4.79 Å². The lowest BCUT2D eigenvalue weighted by molar-refractivity contribution is -0.123. The minimum Gasteiger partial charge on any atom is -0.352 e. The summed E-state index contributed by atoms with van der Waals surface area (Å²) < 4.78 is 0. The molecule has 1 aromatic carbocycles. The van der Waals surface area contributed by atoms with Crippen LogP contribution >= 0.6 is 0 Å². The fourth-order valence-electron chi connectivity index (χ4n) is 1.69. The van der Waals surface area contributed by atoms with Crippen LogP contribution in [0.3, 0.4) is 0 Å². The van der Waals surface area contributed by atoms with Gasteiger partial charge in [0.05, 0.1) is 0 Å². The summed E-state index contributed by atoms with van der Waals surface area (Å²) in [6, 6.07) is 9.02. The van der Waals surface area contributed by atoms with Crippen molar-refractivity contribution in [1.29, 1.82) is 0 Å². The van der Waals surface area contributed by atoms with Gasteiger partial charge in [0.25, 0.3) is 0 Å². The zero-order chi connectivity index (χ0) is 16.4. The number of nitrogens with one attached hydrogen (secondary N) is 3. The third kappa shape index (κ3) is 6.92. The van der Waals surface area contributed by atoms with Gasteiger partial charge in [0.1, 0.15) is 6.04 Å². The number of amides is 3. The third-order valence-electron chi connectivity index (χ3n) is 3.23. The van der Waals surface area contributed by atoms with Crippen LogP contribution < -0.4 is 16.0 Å². The highest BCUT2D eigenvalue weighted by molar-refractivity contribution is 5.86. The molecule has 0 heterocycles. The highest BCUT2D eigenvalue weighted by Gasteiger charge is 2.16. The van der Waals surface area contributed by atoms with Gasteiger partial charge in [-0.3, -0.25) is 4.79 Å². The van der Waals surface area contributed by atoms with Crippen molar-refractivity contribution in [3.8, 4) is 0 Å². The molecule has 3 amide bonds. The minimum atomic E-state index is -0.563. The summed E-state index contributed by atoms with van der Waals surface area (Å²) >= 11 is 0. The van der Waals surface area contributed by atoms with Crippen LogP contribution in [0, 0.1) is 0 Å². The maximum absolute atomic E-state index is 11.8. The molecule has 0 spiro atoms. The zero-order valence-electron chi connectivity index (χ0n) is 13.4. The number of carbonyl (C=O) groups is 2. The Morgan fingerprint density at radius 3 is 2.45 bits per heavy atom. The first-order valence-electron chi connectivity index (χ1n) is 7.59. The van der Waals surface area contributed by atoms with Crippen molar-refractivity contribution in [3.05, 3.63) is 42.0 Å². The van der Waals surface area contributed by atoms with E-state index in [-0.39, 0.29) is 18.0 Å². The predicted molar refractivity (Wildman–Crippen MR) is 89.4 cm³/mol. The van der Waals surface area contributed by atoms with E-state index >= 15 is 0 Å². The molecule has 1 aromatic rings. The van der Waals surface area contributed by atoms with E-state index in [4.69, 9.17) is 0 Å².